The monoisotopic (exact) mass is 429 g/mol. The largest absolute Gasteiger partial charge is 0.444 e. The van der Waals surface area contributed by atoms with Crippen molar-refractivity contribution >= 4 is 11.9 Å². The van der Waals surface area contributed by atoms with Crippen molar-refractivity contribution in [3.05, 3.63) is 30.1 Å². The van der Waals surface area contributed by atoms with E-state index in [2.05, 4.69) is 16.0 Å². The van der Waals surface area contributed by atoms with Crippen molar-refractivity contribution in [3.8, 4) is 0 Å². The van der Waals surface area contributed by atoms with Gasteiger partial charge in [0.15, 0.2) is 0 Å². The quantitative estimate of drug-likeness (QED) is 0.545. The number of pyridine rings is 1. The Labute approximate surface area is 187 Å². The third kappa shape index (κ3) is 7.30. The van der Waals surface area contributed by atoms with E-state index in [0.717, 1.165) is 45.2 Å². The van der Waals surface area contributed by atoms with Gasteiger partial charge in [0.1, 0.15) is 11.4 Å². The number of ketones is 1. The minimum atomic E-state index is -0.475. The standard InChI is InChI=1S/C25H39N3O3/c1-25(2,3)31-24(30)28-17-12-20(13-18-28)23(29)11-5-4-6-15-27-16-8-10-22(27)21-9-7-14-26-19-21/h7,9,14,19-20,22H,4-6,8,10-13,15-18H2,1-3H3/t22-/m0/s1. The zero-order valence-corrected chi connectivity index (χ0v) is 19.5. The highest BCUT2D eigenvalue weighted by Crippen LogP contribution is 2.31. The average Bonchev–Trinajstić information content (AvgIpc) is 3.21. The molecule has 6 heteroatoms. The van der Waals surface area contributed by atoms with Crippen molar-refractivity contribution in [2.45, 2.75) is 83.8 Å². The zero-order valence-electron chi connectivity index (χ0n) is 19.5. The summed E-state index contributed by atoms with van der Waals surface area (Å²) in [4.78, 5) is 33.4. The summed E-state index contributed by atoms with van der Waals surface area (Å²) in [6, 6.07) is 4.71. The summed E-state index contributed by atoms with van der Waals surface area (Å²) in [5.41, 5.74) is 0.851. The van der Waals surface area contributed by atoms with Gasteiger partial charge in [-0.05, 0) is 84.0 Å². The van der Waals surface area contributed by atoms with Crippen molar-refractivity contribution < 1.29 is 14.3 Å². The van der Waals surface area contributed by atoms with Crippen molar-refractivity contribution in [1.29, 1.82) is 0 Å². The Hall–Kier alpha value is -1.95. The van der Waals surface area contributed by atoms with E-state index in [1.54, 1.807) is 4.90 Å². The van der Waals surface area contributed by atoms with Crippen LogP contribution in [-0.4, -0.2) is 58.4 Å². The van der Waals surface area contributed by atoms with Crippen molar-refractivity contribution in [1.82, 2.24) is 14.8 Å². The molecule has 0 aromatic carbocycles. The molecule has 0 bridgehead atoms. The molecule has 0 unspecified atom stereocenters. The van der Waals surface area contributed by atoms with Gasteiger partial charge in [-0.15, -0.1) is 0 Å². The molecule has 0 radical (unpaired) electrons. The van der Waals surface area contributed by atoms with Gasteiger partial charge in [-0.25, -0.2) is 4.79 Å². The summed E-state index contributed by atoms with van der Waals surface area (Å²) in [7, 11) is 0. The second kappa shape index (κ2) is 11.1. The second-order valence-electron chi connectivity index (χ2n) is 10.00. The molecule has 0 N–H and O–H groups in total. The molecule has 2 saturated heterocycles. The Morgan fingerprint density at radius 1 is 1.10 bits per heavy atom. The first-order valence-corrected chi connectivity index (χ1v) is 12.0. The van der Waals surface area contributed by atoms with Crippen LogP contribution in [-0.2, 0) is 9.53 Å². The molecule has 1 aromatic rings. The van der Waals surface area contributed by atoms with Gasteiger partial charge in [-0.3, -0.25) is 14.7 Å². The van der Waals surface area contributed by atoms with Crippen LogP contribution in [0.1, 0.15) is 83.7 Å². The first-order valence-electron chi connectivity index (χ1n) is 12.0. The van der Waals surface area contributed by atoms with Gasteiger partial charge in [0.25, 0.3) is 0 Å². The molecule has 1 aromatic heterocycles. The molecule has 2 fully saturated rings. The lowest BCUT2D eigenvalue weighted by Crippen LogP contribution is -2.42. The maximum atomic E-state index is 12.6. The third-order valence-corrected chi connectivity index (χ3v) is 6.40. The fourth-order valence-corrected chi connectivity index (χ4v) is 4.75. The Morgan fingerprint density at radius 2 is 1.87 bits per heavy atom. The summed E-state index contributed by atoms with van der Waals surface area (Å²) < 4.78 is 5.44. The normalized spacial score (nSPS) is 20.7. The molecule has 0 aliphatic carbocycles. The third-order valence-electron chi connectivity index (χ3n) is 6.40. The van der Waals surface area contributed by atoms with E-state index in [1.165, 1.54) is 18.4 Å². The number of Topliss-reactive ketones (excluding diaryl/α,β-unsaturated/α-hetero) is 1. The molecule has 1 atom stereocenters. The van der Waals surface area contributed by atoms with Crippen LogP contribution in [0.2, 0.25) is 0 Å². The molecular formula is C25H39N3O3. The van der Waals surface area contributed by atoms with Crippen LogP contribution in [0.25, 0.3) is 0 Å². The van der Waals surface area contributed by atoms with E-state index in [-0.39, 0.29) is 12.0 Å². The lowest BCUT2D eigenvalue weighted by atomic mass is 9.90. The zero-order chi connectivity index (χ0) is 22.3. The molecule has 0 saturated carbocycles. The summed E-state index contributed by atoms with van der Waals surface area (Å²) in [6.45, 7) is 9.14. The molecule has 1 amide bonds. The molecule has 2 aliphatic heterocycles. The number of hydrogen-bond acceptors (Lipinski definition) is 5. The average molecular weight is 430 g/mol. The van der Waals surface area contributed by atoms with E-state index in [0.29, 0.717) is 31.3 Å². The topological polar surface area (TPSA) is 62.7 Å². The molecule has 172 valence electrons. The minimum Gasteiger partial charge on any atom is -0.444 e. The number of hydrogen-bond donors (Lipinski definition) is 0. The number of ether oxygens (including phenoxy) is 1. The first kappa shape index (κ1) is 23.7. The van der Waals surface area contributed by atoms with Gasteiger partial charge in [0.2, 0.25) is 0 Å². The molecule has 31 heavy (non-hydrogen) atoms. The lowest BCUT2D eigenvalue weighted by molar-refractivity contribution is -0.124. The number of unbranched alkanes of at least 4 members (excludes halogenated alkanes) is 2. The molecule has 3 heterocycles. The number of aromatic nitrogens is 1. The van der Waals surface area contributed by atoms with Gasteiger partial charge in [-0.1, -0.05) is 12.5 Å². The maximum absolute atomic E-state index is 12.6. The van der Waals surface area contributed by atoms with E-state index in [4.69, 9.17) is 4.74 Å². The molecule has 6 nitrogen and oxygen atoms in total. The number of amides is 1. The van der Waals surface area contributed by atoms with Gasteiger partial charge < -0.3 is 9.64 Å². The van der Waals surface area contributed by atoms with Gasteiger partial charge in [0.05, 0.1) is 0 Å². The van der Waals surface area contributed by atoms with Crippen molar-refractivity contribution in [3.63, 3.8) is 0 Å². The lowest BCUT2D eigenvalue weighted by Gasteiger charge is -2.33. The summed E-state index contributed by atoms with van der Waals surface area (Å²) in [6.07, 6.45) is 11.4. The Kier molecular flexibility index (Phi) is 8.47. The van der Waals surface area contributed by atoms with Gasteiger partial charge in [0, 0.05) is 43.9 Å². The maximum Gasteiger partial charge on any atom is 0.410 e. The smallest absolute Gasteiger partial charge is 0.410 e. The number of likely N-dealkylation sites (tertiary alicyclic amines) is 2. The van der Waals surface area contributed by atoms with Crippen LogP contribution in [0.3, 0.4) is 0 Å². The second-order valence-corrected chi connectivity index (χ2v) is 10.00. The summed E-state index contributed by atoms with van der Waals surface area (Å²) in [5.74, 6) is 0.477. The highest BCUT2D eigenvalue weighted by molar-refractivity contribution is 5.81. The van der Waals surface area contributed by atoms with Crippen molar-refractivity contribution in [2.24, 2.45) is 5.92 Å². The number of piperidine rings is 1. The van der Waals surface area contributed by atoms with Crippen LogP contribution >= 0.6 is 0 Å². The highest BCUT2D eigenvalue weighted by atomic mass is 16.6. The summed E-state index contributed by atoms with van der Waals surface area (Å²) in [5, 5.41) is 0. The minimum absolute atomic E-state index is 0.104. The van der Waals surface area contributed by atoms with Gasteiger partial charge >= 0.3 is 6.09 Å². The Bertz CT molecular complexity index is 708. The summed E-state index contributed by atoms with van der Waals surface area (Å²) >= 11 is 0. The fourth-order valence-electron chi connectivity index (χ4n) is 4.75. The highest BCUT2D eigenvalue weighted by Gasteiger charge is 2.29. The molecular weight excluding hydrogens is 390 g/mol. The predicted molar refractivity (Wildman–Crippen MR) is 122 cm³/mol. The van der Waals surface area contributed by atoms with Crippen LogP contribution in [0, 0.1) is 5.92 Å². The first-order chi connectivity index (χ1) is 14.8. The number of carbonyl (C=O) groups is 2. The molecule has 2 aliphatic rings. The predicted octanol–water partition coefficient (Wildman–Crippen LogP) is 5.00. The van der Waals surface area contributed by atoms with E-state index >= 15 is 0 Å². The van der Waals surface area contributed by atoms with Crippen LogP contribution in [0.5, 0.6) is 0 Å². The Balaban J connectivity index is 1.30. The van der Waals surface area contributed by atoms with Gasteiger partial charge in [-0.2, -0.15) is 0 Å². The fraction of sp³-hybridized carbons (Fsp3) is 0.720. The number of carbonyl (C=O) groups excluding carboxylic acids is 2. The molecule has 3 rings (SSSR count). The number of nitrogens with zero attached hydrogens (tertiary/aromatic N) is 3. The van der Waals surface area contributed by atoms with Crippen LogP contribution < -0.4 is 0 Å². The van der Waals surface area contributed by atoms with E-state index in [9.17, 15) is 9.59 Å². The van der Waals surface area contributed by atoms with Crippen LogP contribution in [0.15, 0.2) is 24.5 Å². The Morgan fingerprint density at radius 3 is 2.55 bits per heavy atom. The number of rotatable bonds is 8. The molecule has 0 spiro atoms. The van der Waals surface area contributed by atoms with Crippen molar-refractivity contribution in [2.75, 3.05) is 26.2 Å². The van der Waals surface area contributed by atoms with E-state index < -0.39 is 5.60 Å². The van der Waals surface area contributed by atoms with E-state index in [1.807, 2.05) is 39.2 Å². The van der Waals surface area contributed by atoms with Crippen LogP contribution in [0.4, 0.5) is 4.79 Å². The SMILES string of the molecule is CC(C)(C)OC(=O)N1CCC(C(=O)CCCCCN2CCC[C@H]2c2cccnc2)CC1.